The molecule has 0 bridgehead atoms. The van der Waals surface area contributed by atoms with Gasteiger partial charge >= 0.3 is 67.3 Å². The van der Waals surface area contributed by atoms with Crippen LogP contribution in [0.25, 0.3) is 0 Å². The van der Waals surface area contributed by atoms with Crippen molar-refractivity contribution in [2.24, 2.45) is 0 Å². The molecular formula is H4BCaNaO5. The molecule has 0 aliphatic carbocycles. The van der Waals surface area contributed by atoms with E-state index in [1.54, 1.807) is 0 Å². The summed E-state index contributed by atoms with van der Waals surface area (Å²) in [6.07, 6.45) is 0. The standard InChI is InChI=1S/BHO3.Ca.Na.2H2O/c2-1(3)4;;;;/h2H;;;2*1H2/q-2;+2;+1;;/p-1. The minimum atomic E-state index is -2.67. The van der Waals surface area contributed by atoms with Crippen LogP contribution in [0.4, 0.5) is 0 Å². The van der Waals surface area contributed by atoms with Crippen LogP contribution >= 0.6 is 0 Å². The fourth-order valence-electron chi connectivity index (χ4n) is 0. The first-order chi connectivity index (χ1) is 1.73. The zero-order valence-electron chi connectivity index (χ0n) is 4.50. The van der Waals surface area contributed by atoms with Gasteiger partial charge in [0, 0.05) is 0 Å². The smallest absolute Gasteiger partial charge is 0.871 e. The molecule has 0 heterocycles. The van der Waals surface area contributed by atoms with Gasteiger partial charge in [-0.3, -0.25) is 0 Å². The maximum absolute atomic E-state index is 8.53. The van der Waals surface area contributed by atoms with Crippen molar-refractivity contribution >= 4 is 45.1 Å². The molecule has 5 nitrogen and oxygen atoms in total. The van der Waals surface area contributed by atoms with Crippen molar-refractivity contribution in [2.75, 3.05) is 0 Å². The van der Waals surface area contributed by atoms with Gasteiger partial charge in [-0.25, -0.2) is 0 Å². The number of hydrogen-bond donors (Lipinski definition) is 1. The normalized spacial score (nSPS) is 3.38. The molecule has 0 amide bonds. The van der Waals surface area contributed by atoms with Gasteiger partial charge in [0.15, 0.2) is 0 Å². The first-order valence-corrected chi connectivity index (χ1v) is 0.730. The first-order valence-electron chi connectivity index (χ1n) is 0.730. The number of hydrogen-bond acceptors (Lipinski definition) is 4. The Morgan fingerprint density at radius 2 is 1.25 bits per heavy atom. The summed E-state index contributed by atoms with van der Waals surface area (Å²) in [5, 5.41) is 24.0. The Morgan fingerprint density at radius 1 is 1.25 bits per heavy atom. The zero-order valence-corrected chi connectivity index (χ0v) is 8.70. The van der Waals surface area contributed by atoms with Gasteiger partial charge in [0.05, 0.1) is 7.32 Å². The topological polar surface area (TPSA) is 128 Å². The average molecular weight is 158 g/mol. The largest absolute Gasteiger partial charge is 2.00 e. The summed E-state index contributed by atoms with van der Waals surface area (Å²) >= 11 is 0. The molecule has 0 aliphatic heterocycles. The second-order valence-corrected chi connectivity index (χ2v) is 0.307. The van der Waals surface area contributed by atoms with Crippen molar-refractivity contribution in [3.63, 3.8) is 0 Å². The van der Waals surface area contributed by atoms with Gasteiger partial charge in [-0.1, -0.05) is 0 Å². The van der Waals surface area contributed by atoms with E-state index in [1.807, 2.05) is 0 Å². The maximum Gasteiger partial charge on any atom is 2.00 e. The first kappa shape index (κ1) is 32.1. The Kier molecular flexibility index (Phi) is 92.0. The van der Waals surface area contributed by atoms with Crippen molar-refractivity contribution in [1.82, 2.24) is 0 Å². The van der Waals surface area contributed by atoms with Crippen molar-refractivity contribution in [3.05, 3.63) is 0 Å². The molecule has 0 atom stereocenters. The summed E-state index contributed by atoms with van der Waals surface area (Å²) in [6.45, 7) is 0. The second-order valence-electron chi connectivity index (χ2n) is 0.307. The monoisotopic (exact) mass is 158 g/mol. The second kappa shape index (κ2) is 22.9. The van der Waals surface area contributed by atoms with Crippen molar-refractivity contribution in [1.29, 1.82) is 0 Å². The van der Waals surface area contributed by atoms with Gasteiger partial charge in [0.1, 0.15) is 0 Å². The van der Waals surface area contributed by atoms with Crippen LogP contribution < -0.4 is 39.6 Å². The fourth-order valence-corrected chi connectivity index (χ4v) is 0. The summed E-state index contributed by atoms with van der Waals surface area (Å²) in [6, 6.07) is 0. The van der Waals surface area contributed by atoms with E-state index in [9.17, 15) is 0 Å². The van der Waals surface area contributed by atoms with E-state index in [4.69, 9.17) is 15.1 Å². The minimum absolute atomic E-state index is 0. The molecule has 0 fully saturated rings. The fraction of sp³-hybridized carbons (Fsp3) is 0. The predicted octanol–water partition coefficient (Wildman–Crippen LogP) is -7.69. The Hall–Kier alpha value is 2.12. The molecule has 0 rings (SSSR count). The van der Waals surface area contributed by atoms with E-state index in [0.717, 1.165) is 0 Å². The summed E-state index contributed by atoms with van der Waals surface area (Å²) in [5.41, 5.74) is 0. The van der Waals surface area contributed by atoms with E-state index in [0.29, 0.717) is 0 Å². The van der Waals surface area contributed by atoms with Gasteiger partial charge in [-0.2, -0.15) is 0 Å². The summed E-state index contributed by atoms with van der Waals surface area (Å²) in [5.74, 6) is 0. The molecule has 0 aliphatic rings. The van der Waals surface area contributed by atoms with E-state index in [-0.39, 0.29) is 78.2 Å². The van der Waals surface area contributed by atoms with Crippen molar-refractivity contribution < 1.29 is 55.6 Å². The molecule has 0 aromatic carbocycles. The van der Waals surface area contributed by atoms with E-state index < -0.39 is 7.32 Å². The van der Waals surface area contributed by atoms with Gasteiger partial charge in [0.2, 0.25) is 0 Å². The molecule has 8 heavy (non-hydrogen) atoms. The van der Waals surface area contributed by atoms with Crippen LogP contribution in [-0.4, -0.2) is 61.0 Å². The Morgan fingerprint density at radius 3 is 1.25 bits per heavy atom. The van der Waals surface area contributed by atoms with E-state index in [1.165, 1.54) is 0 Å². The quantitative estimate of drug-likeness (QED) is 0.351. The molecular weight excluding hydrogens is 154 g/mol. The molecule has 0 saturated heterocycles. The SMILES string of the molecule is O.[Ca+2].[Na+].[O-]B([O-])O.[OH-]. The zero-order chi connectivity index (χ0) is 3.58. The third-order valence-electron chi connectivity index (χ3n) is 0. The van der Waals surface area contributed by atoms with Crippen LogP contribution in [-0.2, 0) is 0 Å². The van der Waals surface area contributed by atoms with Gasteiger partial charge in [-0.15, -0.1) is 0 Å². The van der Waals surface area contributed by atoms with Crippen LogP contribution in [0.3, 0.4) is 0 Å². The predicted molar refractivity (Wildman–Crippen MR) is 19.3 cm³/mol. The van der Waals surface area contributed by atoms with E-state index >= 15 is 0 Å². The van der Waals surface area contributed by atoms with Gasteiger partial charge in [-0.05, 0) is 0 Å². The maximum atomic E-state index is 8.53. The molecule has 4 N–H and O–H groups in total. The van der Waals surface area contributed by atoms with Crippen LogP contribution in [0.1, 0.15) is 0 Å². The Labute approximate surface area is 99.2 Å². The van der Waals surface area contributed by atoms with Gasteiger partial charge < -0.3 is 26.0 Å². The Balaban J connectivity index is -0.00000000750. The van der Waals surface area contributed by atoms with Crippen LogP contribution in [0.15, 0.2) is 0 Å². The molecule has 40 valence electrons. The number of rotatable bonds is 0. The molecule has 0 aromatic rings. The van der Waals surface area contributed by atoms with E-state index in [2.05, 4.69) is 0 Å². The van der Waals surface area contributed by atoms with Gasteiger partial charge in [0.25, 0.3) is 0 Å². The van der Waals surface area contributed by atoms with Crippen LogP contribution in [0, 0.1) is 0 Å². The third-order valence-corrected chi connectivity index (χ3v) is 0. The summed E-state index contributed by atoms with van der Waals surface area (Å²) in [7, 11) is -2.67. The molecule has 0 spiro atoms. The summed E-state index contributed by atoms with van der Waals surface area (Å²) in [4.78, 5) is 0. The van der Waals surface area contributed by atoms with Crippen molar-refractivity contribution in [3.8, 4) is 0 Å². The summed E-state index contributed by atoms with van der Waals surface area (Å²) < 4.78 is 0. The van der Waals surface area contributed by atoms with Crippen LogP contribution in [0.5, 0.6) is 0 Å². The minimum Gasteiger partial charge on any atom is -0.871 e. The van der Waals surface area contributed by atoms with Crippen molar-refractivity contribution in [2.45, 2.75) is 0 Å². The molecule has 8 heteroatoms. The molecule has 0 radical (unpaired) electrons. The average Bonchev–Trinajstić information content (AvgIpc) is 0.811. The van der Waals surface area contributed by atoms with Crippen LogP contribution in [0.2, 0.25) is 0 Å². The third kappa shape index (κ3) is 91.4. The molecule has 0 saturated carbocycles. The Bertz CT molecular complexity index is 17.1. The molecule has 0 unspecified atom stereocenters. The molecule has 0 aromatic heterocycles.